The summed E-state index contributed by atoms with van der Waals surface area (Å²) in [6, 6.07) is 12.6. The molecule has 0 radical (unpaired) electrons. The Bertz CT molecular complexity index is 1070. The molecule has 0 saturated carbocycles. The van der Waals surface area contributed by atoms with Gasteiger partial charge in [-0.05, 0) is 35.4 Å². The highest BCUT2D eigenvalue weighted by molar-refractivity contribution is 6.09. The summed E-state index contributed by atoms with van der Waals surface area (Å²) in [4.78, 5) is 37.6. The first-order chi connectivity index (χ1) is 13.0. The van der Waals surface area contributed by atoms with Crippen molar-refractivity contribution in [3.63, 3.8) is 0 Å². The lowest BCUT2D eigenvalue weighted by atomic mass is 9.98. The summed E-state index contributed by atoms with van der Waals surface area (Å²) in [7, 11) is 1.24. The molecule has 3 aromatic rings. The fraction of sp³-hybridized carbons (Fsp3) is 0.0500. The molecule has 0 fully saturated rings. The Kier molecular flexibility index (Phi) is 5.03. The molecule has 0 aliphatic heterocycles. The van der Waals surface area contributed by atoms with E-state index in [0.717, 1.165) is 28.7 Å². The average molecular weight is 363 g/mol. The third-order valence-corrected chi connectivity index (χ3v) is 4.00. The maximum Gasteiger partial charge on any atom is 0.330 e. The molecule has 136 valence electrons. The van der Waals surface area contributed by atoms with E-state index in [2.05, 4.69) is 15.0 Å². The second-order valence-electron chi connectivity index (χ2n) is 5.72. The van der Waals surface area contributed by atoms with Gasteiger partial charge in [-0.1, -0.05) is 18.2 Å². The molecule has 0 atom stereocenters. The van der Waals surface area contributed by atoms with Crippen LogP contribution in [-0.4, -0.2) is 29.9 Å². The van der Waals surface area contributed by atoms with Crippen LogP contribution in [0.4, 0.5) is 5.69 Å². The zero-order valence-electron chi connectivity index (χ0n) is 14.5. The van der Waals surface area contributed by atoms with Gasteiger partial charge in [-0.25, -0.2) is 4.79 Å². The van der Waals surface area contributed by atoms with Gasteiger partial charge >= 0.3 is 5.97 Å². The van der Waals surface area contributed by atoms with E-state index >= 15 is 0 Å². The summed E-state index contributed by atoms with van der Waals surface area (Å²) in [6.07, 6.45) is 3.89. The van der Waals surface area contributed by atoms with Crippen molar-refractivity contribution in [3.8, 4) is 11.1 Å². The third-order valence-electron chi connectivity index (χ3n) is 4.00. The number of anilines is 1. The quantitative estimate of drug-likeness (QED) is 0.477. The Morgan fingerprint density at radius 1 is 1.11 bits per heavy atom. The standard InChI is InChI=1S/C20H17N3O4/c1-27-18(25)8-7-17(24)23-13-4-2-3-12(11-13)14-5-6-16(20(21)26)19-15(14)9-10-22-19/h2-11,22H,1H3,(H2,21,26)(H,23,24). The molecule has 7 nitrogen and oxygen atoms in total. The van der Waals surface area contributed by atoms with Gasteiger partial charge in [0.25, 0.3) is 5.91 Å². The van der Waals surface area contributed by atoms with E-state index in [9.17, 15) is 14.4 Å². The molecule has 0 aliphatic rings. The summed E-state index contributed by atoms with van der Waals surface area (Å²) in [6.45, 7) is 0. The van der Waals surface area contributed by atoms with Crippen molar-refractivity contribution < 1.29 is 19.1 Å². The summed E-state index contributed by atoms with van der Waals surface area (Å²) >= 11 is 0. The number of rotatable bonds is 5. The molecule has 1 aromatic heterocycles. The van der Waals surface area contributed by atoms with Gasteiger partial charge in [0.15, 0.2) is 0 Å². The SMILES string of the molecule is COC(=O)C=CC(=O)Nc1cccc(-c2ccc(C(N)=O)c3[nH]ccc23)c1. The molecule has 0 spiro atoms. The number of H-pyrrole nitrogens is 1. The monoisotopic (exact) mass is 363 g/mol. The fourth-order valence-electron chi connectivity index (χ4n) is 2.77. The highest BCUT2D eigenvalue weighted by Crippen LogP contribution is 2.31. The molecule has 0 unspecified atom stereocenters. The zero-order valence-corrected chi connectivity index (χ0v) is 14.5. The molecular weight excluding hydrogens is 346 g/mol. The lowest BCUT2D eigenvalue weighted by Gasteiger charge is -2.09. The maximum absolute atomic E-state index is 11.9. The van der Waals surface area contributed by atoms with Crippen LogP contribution in [0.1, 0.15) is 10.4 Å². The Labute approximate surface area is 154 Å². The third kappa shape index (κ3) is 3.87. The van der Waals surface area contributed by atoms with Crippen molar-refractivity contribution in [1.82, 2.24) is 4.98 Å². The van der Waals surface area contributed by atoms with Crippen molar-refractivity contribution in [2.24, 2.45) is 5.73 Å². The molecule has 1 heterocycles. The van der Waals surface area contributed by atoms with Gasteiger partial charge in [0.1, 0.15) is 0 Å². The summed E-state index contributed by atoms with van der Waals surface area (Å²) < 4.78 is 4.45. The number of aromatic amines is 1. The number of nitrogens with two attached hydrogens (primary N) is 1. The summed E-state index contributed by atoms with van der Waals surface area (Å²) in [5, 5.41) is 3.54. The van der Waals surface area contributed by atoms with Crippen LogP contribution in [0.5, 0.6) is 0 Å². The average Bonchev–Trinajstić information content (AvgIpc) is 3.15. The van der Waals surface area contributed by atoms with E-state index < -0.39 is 17.8 Å². The number of primary amides is 1. The molecule has 2 amide bonds. The number of hydrogen-bond acceptors (Lipinski definition) is 4. The van der Waals surface area contributed by atoms with Gasteiger partial charge in [-0.15, -0.1) is 0 Å². The molecule has 0 aliphatic carbocycles. The second kappa shape index (κ2) is 7.57. The molecule has 3 rings (SSSR count). The van der Waals surface area contributed by atoms with Crippen molar-refractivity contribution in [2.75, 3.05) is 12.4 Å². The fourth-order valence-corrected chi connectivity index (χ4v) is 2.77. The minimum atomic E-state index is -0.608. The highest BCUT2D eigenvalue weighted by atomic mass is 16.5. The predicted octanol–water partition coefficient (Wildman–Crippen LogP) is 2.60. The van der Waals surface area contributed by atoms with E-state index in [1.165, 1.54) is 7.11 Å². The first-order valence-corrected chi connectivity index (χ1v) is 8.07. The number of aromatic nitrogens is 1. The number of amides is 2. The molecule has 7 heteroatoms. The predicted molar refractivity (Wildman–Crippen MR) is 102 cm³/mol. The van der Waals surface area contributed by atoms with Gasteiger partial charge in [0, 0.05) is 29.4 Å². The lowest BCUT2D eigenvalue weighted by Crippen LogP contribution is -2.11. The largest absolute Gasteiger partial charge is 0.466 e. The molecule has 0 bridgehead atoms. The molecule has 2 aromatic carbocycles. The number of carbonyl (C=O) groups excluding carboxylic acids is 3. The van der Waals surface area contributed by atoms with Crippen LogP contribution in [0, 0.1) is 0 Å². The number of esters is 1. The normalized spacial score (nSPS) is 10.9. The number of nitrogens with one attached hydrogen (secondary N) is 2. The van der Waals surface area contributed by atoms with Crippen LogP contribution in [0.2, 0.25) is 0 Å². The van der Waals surface area contributed by atoms with E-state index in [-0.39, 0.29) is 0 Å². The Hall–Kier alpha value is -3.87. The van der Waals surface area contributed by atoms with Gasteiger partial charge in [0.2, 0.25) is 5.91 Å². The van der Waals surface area contributed by atoms with Crippen LogP contribution < -0.4 is 11.1 Å². The molecular formula is C20H17N3O4. The number of benzene rings is 2. The summed E-state index contributed by atoms with van der Waals surface area (Å²) in [5.41, 5.74) is 8.80. The van der Waals surface area contributed by atoms with E-state index in [0.29, 0.717) is 16.8 Å². The van der Waals surface area contributed by atoms with Gasteiger partial charge in [-0.2, -0.15) is 0 Å². The van der Waals surface area contributed by atoms with Crippen molar-refractivity contribution in [3.05, 3.63) is 66.4 Å². The van der Waals surface area contributed by atoms with Crippen molar-refractivity contribution >= 4 is 34.4 Å². The van der Waals surface area contributed by atoms with Crippen LogP contribution >= 0.6 is 0 Å². The van der Waals surface area contributed by atoms with Crippen molar-refractivity contribution in [1.29, 1.82) is 0 Å². The van der Waals surface area contributed by atoms with E-state index in [4.69, 9.17) is 5.73 Å². The smallest absolute Gasteiger partial charge is 0.330 e. The number of hydrogen-bond donors (Lipinski definition) is 3. The topological polar surface area (TPSA) is 114 Å². The maximum atomic E-state index is 11.9. The van der Waals surface area contributed by atoms with Crippen LogP contribution in [0.3, 0.4) is 0 Å². The van der Waals surface area contributed by atoms with E-state index in [1.807, 2.05) is 18.2 Å². The molecule has 0 saturated heterocycles. The second-order valence-corrected chi connectivity index (χ2v) is 5.72. The summed E-state index contributed by atoms with van der Waals surface area (Å²) in [5.74, 6) is -1.57. The zero-order chi connectivity index (χ0) is 19.4. The van der Waals surface area contributed by atoms with Crippen LogP contribution in [0.25, 0.3) is 22.0 Å². The van der Waals surface area contributed by atoms with Gasteiger partial charge in [-0.3, -0.25) is 9.59 Å². The van der Waals surface area contributed by atoms with Crippen LogP contribution in [-0.2, 0) is 14.3 Å². The minimum Gasteiger partial charge on any atom is -0.466 e. The number of carbonyl (C=O) groups is 3. The first kappa shape index (κ1) is 17.9. The minimum absolute atomic E-state index is 0.413. The van der Waals surface area contributed by atoms with Crippen molar-refractivity contribution in [2.45, 2.75) is 0 Å². The molecule has 27 heavy (non-hydrogen) atoms. The van der Waals surface area contributed by atoms with E-state index in [1.54, 1.807) is 30.5 Å². The first-order valence-electron chi connectivity index (χ1n) is 8.07. The molecule has 4 N–H and O–H groups in total. The highest BCUT2D eigenvalue weighted by Gasteiger charge is 2.12. The van der Waals surface area contributed by atoms with Crippen LogP contribution in [0.15, 0.2) is 60.8 Å². The number of methoxy groups -OCH3 is 1. The number of fused-ring (bicyclic) bond motifs is 1. The Balaban J connectivity index is 1.91. The Morgan fingerprint density at radius 3 is 2.67 bits per heavy atom. The van der Waals surface area contributed by atoms with Gasteiger partial charge in [0.05, 0.1) is 18.2 Å². The number of ether oxygens (including phenoxy) is 1. The Morgan fingerprint density at radius 2 is 1.93 bits per heavy atom. The lowest BCUT2D eigenvalue weighted by molar-refractivity contribution is -0.135. The van der Waals surface area contributed by atoms with Gasteiger partial charge < -0.3 is 20.8 Å².